The van der Waals surface area contributed by atoms with Crippen molar-refractivity contribution in [3.8, 4) is 5.75 Å². The van der Waals surface area contributed by atoms with Crippen LogP contribution < -0.4 is 15.8 Å². The van der Waals surface area contributed by atoms with Crippen molar-refractivity contribution in [1.82, 2.24) is 5.32 Å². The number of nitrogens with two attached hydrogens (primary N) is 1. The lowest BCUT2D eigenvalue weighted by atomic mass is 9.84. The zero-order valence-electron chi connectivity index (χ0n) is 12.5. The van der Waals surface area contributed by atoms with E-state index in [1.54, 1.807) is 7.11 Å². The summed E-state index contributed by atoms with van der Waals surface area (Å²) >= 11 is 3.41. The van der Waals surface area contributed by atoms with Crippen LogP contribution in [0.5, 0.6) is 5.75 Å². The maximum absolute atomic E-state index is 12.6. The van der Waals surface area contributed by atoms with Crippen molar-refractivity contribution in [2.24, 2.45) is 10.7 Å². The second kappa shape index (κ2) is 6.04. The van der Waals surface area contributed by atoms with Gasteiger partial charge in [-0.15, -0.1) is 0 Å². The van der Waals surface area contributed by atoms with Gasteiger partial charge in [0.1, 0.15) is 5.75 Å². The van der Waals surface area contributed by atoms with Gasteiger partial charge < -0.3 is 10.5 Å². The molecule has 0 spiro atoms. The molecule has 6 heteroatoms. The van der Waals surface area contributed by atoms with E-state index >= 15 is 0 Å². The van der Waals surface area contributed by atoms with Gasteiger partial charge >= 0.3 is 0 Å². The maximum Gasteiger partial charge on any atom is 0.259 e. The number of hydrogen-bond donors (Lipinski definition) is 2. The summed E-state index contributed by atoms with van der Waals surface area (Å²) in [7, 11) is 1.59. The second-order valence-corrected chi connectivity index (χ2v) is 6.26. The molecule has 2 aromatic rings. The predicted molar refractivity (Wildman–Crippen MR) is 92.3 cm³/mol. The molecule has 2 aromatic carbocycles. The number of nitrogens with one attached hydrogen (secondary N) is 1. The lowest BCUT2D eigenvalue weighted by Gasteiger charge is -2.24. The Hall–Kier alpha value is -2.34. The first kappa shape index (κ1) is 15.6. The van der Waals surface area contributed by atoms with Crippen molar-refractivity contribution in [2.45, 2.75) is 12.0 Å². The van der Waals surface area contributed by atoms with E-state index in [0.29, 0.717) is 12.2 Å². The number of aliphatic imine (C=N–C) groups is 1. The van der Waals surface area contributed by atoms with Crippen LogP contribution >= 0.6 is 15.9 Å². The van der Waals surface area contributed by atoms with E-state index in [4.69, 9.17) is 10.5 Å². The van der Waals surface area contributed by atoms with Gasteiger partial charge in [-0.05, 0) is 35.4 Å². The first-order valence-electron chi connectivity index (χ1n) is 7.09. The Labute approximate surface area is 142 Å². The van der Waals surface area contributed by atoms with E-state index in [2.05, 4.69) is 26.2 Å². The van der Waals surface area contributed by atoms with Crippen LogP contribution in [-0.4, -0.2) is 19.0 Å². The molecule has 0 saturated carbocycles. The Morgan fingerprint density at radius 2 is 2.00 bits per heavy atom. The highest BCUT2D eigenvalue weighted by atomic mass is 79.9. The number of carbonyl (C=O) groups is 1. The molecule has 23 heavy (non-hydrogen) atoms. The average molecular weight is 374 g/mol. The lowest BCUT2D eigenvalue weighted by Crippen LogP contribution is -2.40. The normalized spacial score (nSPS) is 20.1. The second-order valence-electron chi connectivity index (χ2n) is 5.35. The number of benzene rings is 2. The topological polar surface area (TPSA) is 76.7 Å². The van der Waals surface area contributed by atoms with E-state index in [0.717, 1.165) is 15.6 Å². The summed E-state index contributed by atoms with van der Waals surface area (Å²) in [5.74, 6) is 0.576. The standard InChI is InChI=1S/C17H16BrN3O2/c1-23-14-4-2-3-12(9-14)17(15(22)20-16(19)21-17)10-11-5-7-13(18)8-6-11/h2-9H,10H2,1H3,(H3,19,20,21,22). The van der Waals surface area contributed by atoms with Gasteiger partial charge in [-0.1, -0.05) is 40.2 Å². The number of halogens is 1. The summed E-state index contributed by atoms with van der Waals surface area (Å²) in [5.41, 5.74) is 6.43. The Morgan fingerprint density at radius 3 is 2.61 bits per heavy atom. The van der Waals surface area contributed by atoms with Gasteiger partial charge in [0, 0.05) is 10.9 Å². The van der Waals surface area contributed by atoms with Crippen molar-refractivity contribution >= 4 is 27.8 Å². The van der Waals surface area contributed by atoms with E-state index in [1.807, 2.05) is 48.5 Å². The Balaban J connectivity index is 2.08. The summed E-state index contributed by atoms with van der Waals surface area (Å²) in [6.07, 6.45) is 0.417. The number of methoxy groups -OCH3 is 1. The van der Waals surface area contributed by atoms with Crippen molar-refractivity contribution in [3.05, 3.63) is 64.1 Å². The number of amides is 1. The lowest BCUT2D eigenvalue weighted by molar-refractivity contribution is -0.124. The van der Waals surface area contributed by atoms with Crippen LogP contribution in [0.1, 0.15) is 11.1 Å². The van der Waals surface area contributed by atoms with Crippen LogP contribution in [0.3, 0.4) is 0 Å². The molecule has 1 amide bonds. The largest absolute Gasteiger partial charge is 0.497 e. The molecule has 0 saturated heterocycles. The van der Waals surface area contributed by atoms with E-state index in [9.17, 15) is 4.79 Å². The zero-order valence-corrected chi connectivity index (χ0v) is 14.1. The fourth-order valence-electron chi connectivity index (χ4n) is 2.70. The third-order valence-corrected chi connectivity index (χ3v) is 4.38. The van der Waals surface area contributed by atoms with Crippen LogP contribution in [0.25, 0.3) is 0 Å². The maximum atomic E-state index is 12.6. The number of nitrogens with zero attached hydrogens (tertiary/aromatic N) is 1. The van der Waals surface area contributed by atoms with Crippen LogP contribution in [0.4, 0.5) is 0 Å². The van der Waals surface area contributed by atoms with Gasteiger partial charge in [0.15, 0.2) is 11.5 Å². The highest BCUT2D eigenvalue weighted by Gasteiger charge is 2.45. The molecule has 3 N–H and O–H groups in total. The molecule has 118 valence electrons. The number of guanidine groups is 1. The first-order chi connectivity index (χ1) is 11.0. The van der Waals surface area contributed by atoms with E-state index in [1.165, 1.54) is 0 Å². The number of hydrogen-bond acceptors (Lipinski definition) is 4. The van der Waals surface area contributed by atoms with Gasteiger partial charge in [-0.25, -0.2) is 4.99 Å². The molecule has 0 radical (unpaired) electrons. The monoisotopic (exact) mass is 373 g/mol. The molecule has 1 aliphatic rings. The highest BCUT2D eigenvalue weighted by molar-refractivity contribution is 9.10. The molecule has 0 aliphatic carbocycles. The smallest absolute Gasteiger partial charge is 0.259 e. The Kier molecular flexibility index (Phi) is 4.09. The Morgan fingerprint density at radius 1 is 1.26 bits per heavy atom. The summed E-state index contributed by atoms with van der Waals surface area (Å²) in [6, 6.07) is 15.2. The SMILES string of the molecule is COc1cccc(C2(Cc3ccc(Br)cc3)N=C(N)NC2=O)c1. The minimum absolute atomic E-state index is 0.134. The first-order valence-corrected chi connectivity index (χ1v) is 7.88. The van der Waals surface area contributed by atoms with Crippen molar-refractivity contribution < 1.29 is 9.53 Å². The van der Waals surface area contributed by atoms with Crippen molar-refractivity contribution in [1.29, 1.82) is 0 Å². The van der Waals surface area contributed by atoms with Gasteiger partial charge in [-0.2, -0.15) is 0 Å². The predicted octanol–water partition coefficient (Wildman–Crippen LogP) is 2.34. The Bertz CT molecular complexity index is 774. The van der Waals surface area contributed by atoms with Gasteiger partial charge in [0.2, 0.25) is 0 Å². The van der Waals surface area contributed by atoms with Crippen LogP contribution in [0, 0.1) is 0 Å². The van der Waals surface area contributed by atoms with Gasteiger partial charge in [0.25, 0.3) is 5.91 Å². The van der Waals surface area contributed by atoms with Gasteiger partial charge in [-0.3, -0.25) is 10.1 Å². The van der Waals surface area contributed by atoms with Crippen molar-refractivity contribution in [3.63, 3.8) is 0 Å². The summed E-state index contributed by atoms with van der Waals surface area (Å²) in [5, 5.41) is 2.61. The molecular formula is C17H16BrN3O2. The number of ether oxygens (including phenoxy) is 1. The van der Waals surface area contributed by atoms with Crippen LogP contribution in [0.2, 0.25) is 0 Å². The van der Waals surface area contributed by atoms with Crippen LogP contribution in [-0.2, 0) is 16.8 Å². The molecule has 0 fully saturated rings. The minimum Gasteiger partial charge on any atom is -0.497 e. The number of rotatable bonds is 4. The van der Waals surface area contributed by atoms with E-state index in [-0.39, 0.29) is 11.9 Å². The fraction of sp³-hybridized carbons (Fsp3) is 0.176. The molecule has 0 aromatic heterocycles. The highest BCUT2D eigenvalue weighted by Crippen LogP contribution is 2.35. The van der Waals surface area contributed by atoms with Gasteiger partial charge in [0.05, 0.1) is 7.11 Å². The molecule has 1 unspecified atom stereocenters. The third-order valence-electron chi connectivity index (χ3n) is 3.85. The average Bonchev–Trinajstić information content (AvgIpc) is 2.84. The number of carbonyl (C=O) groups excluding carboxylic acids is 1. The summed E-state index contributed by atoms with van der Waals surface area (Å²) < 4.78 is 6.25. The molecule has 3 rings (SSSR count). The zero-order chi connectivity index (χ0) is 16.4. The summed E-state index contributed by atoms with van der Waals surface area (Å²) in [4.78, 5) is 17.1. The minimum atomic E-state index is -1.08. The molecule has 0 bridgehead atoms. The summed E-state index contributed by atoms with van der Waals surface area (Å²) in [6.45, 7) is 0. The molecule has 1 heterocycles. The van der Waals surface area contributed by atoms with Crippen LogP contribution in [0.15, 0.2) is 58.0 Å². The molecular weight excluding hydrogens is 358 g/mol. The quantitative estimate of drug-likeness (QED) is 0.863. The molecule has 1 atom stereocenters. The molecule has 5 nitrogen and oxygen atoms in total. The third kappa shape index (κ3) is 2.94. The molecule has 1 aliphatic heterocycles. The van der Waals surface area contributed by atoms with E-state index < -0.39 is 5.54 Å². The fourth-order valence-corrected chi connectivity index (χ4v) is 2.96. The van der Waals surface area contributed by atoms with Crippen molar-refractivity contribution in [2.75, 3.05) is 7.11 Å².